The van der Waals surface area contributed by atoms with Crippen molar-refractivity contribution in [2.24, 2.45) is 10.9 Å². The molecular weight excluding hydrogens is 519 g/mol. The molecule has 2 aliphatic heterocycles. The monoisotopic (exact) mass is 552 g/mol. The Morgan fingerprint density at radius 3 is 2.81 bits per heavy atom. The van der Waals surface area contributed by atoms with E-state index in [1.165, 1.54) is 5.69 Å². The molecule has 0 spiro atoms. The molecule has 4 rings (SSSR count). The van der Waals surface area contributed by atoms with Gasteiger partial charge in [-0.25, -0.2) is 0 Å². The van der Waals surface area contributed by atoms with Gasteiger partial charge in [0.15, 0.2) is 17.5 Å². The van der Waals surface area contributed by atoms with Crippen molar-refractivity contribution < 1.29 is 14.2 Å². The highest BCUT2D eigenvalue weighted by atomic mass is 127. The Kier molecular flexibility index (Phi) is 9.13. The summed E-state index contributed by atoms with van der Waals surface area (Å²) in [4.78, 5) is 7.26. The fraction of sp³-hybridized carbons (Fsp3) is 0.458. The maximum atomic E-state index is 5.80. The molecule has 2 aliphatic rings. The molecule has 32 heavy (non-hydrogen) atoms. The van der Waals surface area contributed by atoms with Crippen LogP contribution >= 0.6 is 24.0 Å². The summed E-state index contributed by atoms with van der Waals surface area (Å²) in [7, 11) is 1.71. The molecule has 0 saturated carbocycles. The van der Waals surface area contributed by atoms with E-state index in [2.05, 4.69) is 34.6 Å². The normalized spacial score (nSPS) is 17.9. The van der Waals surface area contributed by atoms with Gasteiger partial charge in [-0.05, 0) is 43.5 Å². The Morgan fingerprint density at radius 1 is 1.16 bits per heavy atom. The lowest BCUT2D eigenvalue weighted by atomic mass is 10.1. The summed E-state index contributed by atoms with van der Waals surface area (Å²) in [5.74, 6) is 3.78. The highest BCUT2D eigenvalue weighted by molar-refractivity contribution is 14.0. The van der Waals surface area contributed by atoms with Gasteiger partial charge in [-0.3, -0.25) is 4.99 Å². The number of methoxy groups -OCH3 is 1. The molecule has 0 bridgehead atoms. The Hall–Kier alpha value is -2.36. The summed E-state index contributed by atoms with van der Waals surface area (Å²) in [6.45, 7) is 7.07. The minimum absolute atomic E-state index is 0. The van der Waals surface area contributed by atoms with Gasteiger partial charge in [0.05, 0.1) is 20.3 Å². The predicted octanol–water partition coefficient (Wildman–Crippen LogP) is 4.38. The number of nitrogens with zero attached hydrogens (tertiary/aromatic N) is 2. The number of rotatable bonds is 6. The molecular formula is C24H33IN4O3. The fourth-order valence-electron chi connectivity index (χ4n) is 3.93. The molecule has 1 unspecified atom stereocenters. The number of aliphatic imine (C=N–C) groups is 1. The molecule has 0 radical (unpaired) electrons. The van der Waals surface area contributed by atoms with Crippen LogP contribution in [-0.2, 0) is 0 Å². The second-order valence-corrected chi connectivity index (χ2v) is 7.86. The summed E-state index contributed by atoms with van der Waals surface area (Å²) in [6, 6.07) is 14.2. The number of hydrogen-bond acceptors (Lipinski definition) is 5. The third-order valence-electron chi connectivity index (χ3n) is 5.57. The fourth-order valence-corrected chi connectivity index (χ4v) is 3.93. The first-order valence-corrected chi connectivity index (χ1v) is 11.1. The van der Waals surface area contributed by atoms with Gasteiger partial charge in [-0.2, -0.15) is 0 Å². The molecule has 1 saturated heterocycles. The van der Waals surface area contributed by atoms with Crippen molar-refractivity contribution in [3.8, 4) is 17.2 Å². The summed E-state index contributed by atoms with van der Waals surface area (Å²) in [5.41, 5.74) is 2.15. The zero-order valence-corrected chi connectivity index (χ0v) is 21.1. The van der Waals surface area contributed by atoms with Crippen molar-refractivity contribution >= 4 is 41.3 Å². The van der Waals surface area contributed by atoms with E-state index in [1.54, 1.807) is 7.11 Å². The molecule has 2 aromatic carbocycles. The van der Waals surface area contributed by atoms with Crippen LogP contribution in [0.4, 0.5) is 11.4 Å². The lowest BCUT2D eigenvalue weighted by Crippen LogP contribution is -2.31. The van der Waals surface area contributed by atoms with E-state index in [9.17, 15) is 0 Å². The third kappa shape index (κ3) is 6.34. The first-order valence-electron chi connectivity index (χ1n) is 11.1. The maximum Gasteiger partial charge on any atom is 0.195 e. The number of hydrogen-bond donors (Lipinski definition) is 2. The number of guanidine groups is 1. The van der Waals surface area contributed by atoms with Crippen molar-refractivity contribution in [3.05, 3.63) is 42.5 Å². The van der Waals surface area contributed by atoms with Crippen molar-refractivity contribution in [1.29, 1.82) is 0 Å². The van der Waals surface area contributed by atoms with Gasteiger partial charge < -0.3 is 29.7 Å². The summed E-state index contributed by atoms with van der Waals surface area (Å²) in [6.07, 6.45) is 2.03. The van der Waals surface area contributed by atoms with Crippen molar-refractivity contribution in [3.63, 3.8) is 0 Å². The van der Waals surface area contributed by atoms with Crippen LogP contribution in [0.25, 0.3) is 0 Å². The molecule has 7 nitrogen and oxygen atoms in total. The standard InChI is InChI=1S/C24H32N4O3.HI/c1-3-25-24(27-19-8-9-22-23(14-19)31-13-5-12-30-22)26-16-18-10-11-28(17-18)20-6-4-7-21(15-20)29-2;/h4,6-9,14-15,18H,3,5,10-13,16-17H2,1-2H3,(H2,25,26,27);1H. The van der Waals surface area contributed by atoms with Gasteiger partial charge in [0, 0.05) is 56.1 Å². The van der Waals surface area contributed by atoms with E-state index in [4.69, 9.17) is 19.2 Å². The number of fused-ring (bicyclic) bond motifs is 1. The molecule has 2 aromatic rings. The molecule has 0 amide bonds. The van der Waals surface area contributed by atoms with E-state index in [0.717, 1.165) is 67.9 Å². The lowest BCUT2D eigenvalue weighted by Gasteiger charge is -2.19. The highest BCUT2D eigenvalue weighted by Gasteiger charge is 2.23. The van der Waals surface area contributed by atoms with Crippen LogP contribution < -0.4 is 29.7 Å². The summed E-state index contributed by atoms with van der Waals surface area (Å²) in [5, 5.41) is 6.75. The zero-order valence-electron chi connectivity index (χ0n) is 18.8. The van der Waals surface area contributed by atoms with Gasteiger partial charge in [-0.1, -0.05) is 6.07 Å². The average Bonchev–Trinajstić information content (AvgIpc) is 3.15. The van der Waals surface area contributed by atoms with E-state index < -0.39 is 0 Å². The minimum Gasteiger partial charge on any atom is -0.497 e. The van der Waals surface area contributed by atoms with Crippen LogP contribution in [0.3, 0.4) is 0 Å². The van der Waals surface area contributed by atoms with Gasteiger partial charge >= 0.3 is 0 Å². The maximum absolute atomic E-state index is 5.80. The van der Waals surface area contributed by atoms with E-state index >= 15 is 0 Å². The second-order valence-electron chi connectivity index (χ2n) is 7.86. The highest BCUT2D eigenvalue weighted by Crippen LogP contribution is 2.32. The lowest BCUT2D eigenvalue weighted by molar-refractivity contribution is 0.297. The number of nitrogens with one attached hydrogen (secondary N) is 2. The molecule has 2 N–H and O–H groups in total. The van der Waals surface area contributed by atoms with Gasteiger partial charge in [0.25, 0.3) is 0 Å². The molecule has 1 atom stereocenters. The number of ether oxygens (including phenoxy) is 3. The molecule has 8 heteroatoms. The van der Waals surface area contributed by atoms with Gasteiger partial charge in [0.2, 0.25) is 0 Å². The molecule has 0 aliphatic carbocycles. The van der Waals surface area contributed by atoms with Crippen LogP contribution in [0.1, 0.15) is 19.8 Å². The van der Waals surface area contributed by atoms with Crippen LogP contribution in [0.2, 0.25) is 0 Å². The average molecular weight is 552 g/mol. The number of benzene rings is 2. The Morgan fingerprint density at radius 2 is 2.00 bits per heavy atom. The minimum atomic E-state index is 0. The largest absolute Gasteiger partial charge is 0.497 e. The van der Waals surface area contributed by atoms with Crippen molar-refractivity contribution in [1.82, 2.24) is 5.32 Å². The molecule has 2 heterocycles. The number of halogens is 1. The van der Waals surface area contributed by atoms with Gasteiger partial charge in [0.1, 0.15) is 5.75 Å². The van der Waals surface area contributed by atoms with Crippen molar-refractivity contribution in [2.45, 2.75) is 19.8 Å². The second kappa shape index (κ2) is 12.0. The summed E-state index contributed by atoms with van der Waals surface area (Å²) < 4.78 is 16.9. The third-order valence-corrected chi connectivity index (χ3v) is 5.57. The summed E-state index contributed by atoms with van der Waals surface area (Å²) >= 11 is 0. The molecule has 0 aromatic heterocycles. The Bertz CT molecular complexity index is 909. The van der Waals surface area contributed by atoms with Crippen LogP contribution in [-0.4, -0.2) is 52.5 Å². The first kappa shape index (κ1) is 24.3. The molecule has 174 valence electrons. The molecule has 1 fully saturated rings. The van der Waals surface area contributed by atoms with Crippen LogP contribution in [0.5, 0.6) is 17.2 Å². The van der Waals surface area contributed by atoms with Crippen LogP contribution in [0, 0.1) is 5.92 Å². The van der Waals surface area contributed by atoms with Gasteiger partial charge in [-0.15, -0.1) is 24.0 Å². The quantitative estimate of drug-likeness (QED) is 0.315. The topological polar surface area (TPSA) is 67.4 Å². The first-order chi connectivity index (χ1) is 15.2. The predicted molar refractivity (Wildman–Crippen MR) is 140 cm³/mol. The Labute approximate surface area is 207 Å². The smallest absolute Gasteiger partial charge is 0.195 e. The Balaban J connectivity index is 0.00000289. The van der Waals surface area contributed by atoms with E-state index in [1.807, 2.05) is 30.3 Å². The van der Waals surface area contributed by atoms with Crippen LogP contribution in [0.15, 0.2) is 47.5 Å². The van der Waals surface area contributed by atoms with E-state index in [0.29, 0.717) is 19.1 Å². The van der Waals surface area contributed by atoms with E-state index in [-0.39, 0.29) is 24.0 Å². The zero-order chi connectivity index (χ0) is 21.5. The number of anilines is 2. The SMILES string of the molecule is CCNC(=NCC1CCN(c2cccc(OC)c2)C1)Nc1ccc2c(c1)OCCCO2.I. The van der Waals surface area contributed by atoms with Crippen molar-refractivity contribution in [2.75, 3.05) is 56.7 Å².